The lowest BCUT2D eigenvalue weighted by Gasteiger charge is -2.61. The third-order valence-electron chi connectivity index (χ3n) is 18.0. The molecule has 0 amide bonds. The van der Waals surface area contributed by atoms with Gasteiger partial charge in [0.2, 0.25) is 0 Å². The van der Waals surface area contributed by atoms with Crippen LogP contribution in [-0.2, 0) is 52.5 Å². The molecule has 5 aliphatic heterocycles. The minimum atomic E-state index is -5.15. The van der Waals surface area contributed by atoms with E-state index in [1.165, 1.54) is 13.8 Å². The molecule has 378 valence electrons. The predicted molar refractivity (Wildman–Crippen MR) is 225 cm³/mol. The second kappa shape index (κ2) is 18.2. The summed E-state index contributed by atoms with van der Waals surface area (Å²) in [5.74, 6) is 0.968. The average molecular weight is 965 g/mol. The van der Waals surface area contributed by atoms with Gasteiger partial charge in [0.25, 0.3) is 0 Å². The van der Waals surface area contributed by atoms with Crippen molar-refractivity contribution in [3.05, 3.63) is 11.6 Å². The number of aliphatic hydroxyl groups excluding tert-OH is 8. The quantitative estimate of drug-likeness (QED) is 0.109. The Labute approximate surface area is 385 Å². The highest BCUT2D eigenvalue weighted by Gasteiger charge is 2.70. The van der Waals surface area contributed by atoms with Crippen LogP contribution in [-0.4, -0.2) is 183 Å². The molecule has 9 rings (SSSR count). The van der Waals surface area contributed by atoms with Crippen molar-refractivity contribution in [1.82, 2.24) is 0 Å². The summed E-state index contributed by atoms with van der Waals surface area (Å²) in [7, 11) is -5.15. The first-order valence-corrected chi connectivity index (χ1v) is 25.3. The highest BCUT2D eigenvalue weighted by molar-refractivity contribution is 7.80. The fraction of sp³-hybridized carbons (Fsp3) is 0.956. The number of hydrogen-bond acceptors (Lipinski definition) is 19. The van der Waals surface area contributed by atoms with Gasteiger partial charge in [-0.25, -0.2) is 4.18 Å². The molecule has 9 N–H and O–H groups in total. The number of rotatable bonds is 9. The molecule has 0 aromatic carbocycles. The Bertz CT molecular complexity index is 1880. The molecule has 1 spiro atoms. The molecule has 9 aliphatic rings. The van der Waals surface area contributed by atoms with Gasteiger partial charge in [-0.2, -0.15) is 8.42 Å². The van der Waals surface area contributed by atoms with Crippen molar-refractivity contribution in [1.29, 1.82) is 0 Å². The Morgan fingerprint density at radius 1 is 0.742 bits per heavy atom. The van der Waals surface area contributed by atoms with Gasteiger partial charge in [-0.05, 0) is 87.4 Å². The van der Waals surface area contributed by atoms with E-state index in [9.17, 15) is 53.8 Å². The number of hydrogen-bond donors (Lipinski definition) is 9. The maximum absolute atomic E-state index is 12.0. The first kappa shape index (κ1) is 49.9. The SMILES string of the molecule is C[C@@H]1CC[C@@]2(OC1)O[C@H]1C[C@H]3[C@@H]4CC=C5C[C@@H](O[C@@H]6O[C@H](CO)[C@@H](O)[C@H](O)[C@H]6O)C[C@@H](O[C@@H]6O[C@@H](C)[C@@H](OS(=O)(=O)O)[C@@H](O)[C@@H]6O[C@@H]6O[C@@H](C)[C@H](O)[C@@H](O)[C@H]6O)[C@]5(C)[C@H]4CC[C@]3(C)[C@H]1[C@@H]2C. The van der Waals surface area contributed by atoms with E-state index in [2.05, 4.69) is 33.8 Å². The van der Waals surface area contributed by atoms with Gasteiger partial charge in [-0.15, -0.1) is 0 Å². The van der Waals surface area contributed by atoms with E-state index >= 15 is 0 Å². The summed E-state index contributed by atoms with van der Waals surface area (Å²) < 4.78 is 89.7. The van der Waals surface area contributed by atoms with Crippen LogP contribution in [0.5, 0.6) is 0 Å². The number of fused-ring (bicyclic) bond motifs is 7. The molecular weight excluding hydrogens is 893 g/mol. The topological polar surface area (TPSA) is 299 Å². The van der Waals surface area contributed by atoms with E-state index in [-0.39, 0.29) is 35.7 Å². The third kappa shape index (κ3) is 8.37. The normalized spacial score (nSPS) is 56.3. The number of aliphatic hydroxyl groups is 8. The second-order valence-corrected chi connectivity index (χ2v) is 22.7. The molecule has 0 unspecified atom stereocenters. The van der Waals surface area contributed by atoms with Crippen LogP contribution in [0.2, 0.25) is 0 Å². The van der Waals surface area contributed by atoms with Crippen molar-refractivity contribution in [2.75, 3.05) is 13.2 Å². The van der Waals surface area contributed by atoms with Crippen LogP contribution in [0.15, 0.2) is 11.6 Å². The lowest BCUT2D eigenvalue weighted by molar-refractivity contribution is -0.371. The summed E-state index contributed by atoms with van der Waals surface area (Å²) in [4.78, 5) is 0. The Hall–Kier alpha value is -1.03. The van der Waals surface area contributed by atoms with Gasteiger partial charge in [0.05, 0.1) is 43.7 Å². The molecule has 20 nitrogen and oxygen atoms in total. The summed E-state index contributed by atoms with van der Waals surface area (Å²) in [6, 6.07) is 0. The van der Waals surface area contributed by atoms with Crippen molar-refractivity contribution < 1.29 is 95.9 Å². The van der Waals surface area contributed by atoms with Crippen LogP contribution in [0.25, 0.3) is 0 Å². The van der Waals surface area contributed by atoms with Gasteiger partial charge in [-0.1, -0.05) is 39.3 Å². The second-order valence-electron chi connectivity index (χ2n) is 21.6. The van der Waals surface area contributed by atoms with Crippen molar-refractivity contribution >= 4 is 10.4 Å². The molecule has 8 fully saturated rings. The summed E-state index contributed by atoms with van der Waals surface area (Å²) in [6.45, 7) is 12.0. The summed E-state index contributed by atoms with van der Waals surface area (Å²) in [5, 5.41) is 86.1. The fourth-order valence-electron chi connectivity index (χ4n) is 14.3. The van der Waals surface area contributed by atoms with Gasteiger partial charge in [-0.3, -0.25) is 4.55 Å². The predicted octanol–water partition coefficient (Wildman–Crippen LogP) is 0.0396. The molecule has 21 heteroatoms. The maximum atomic E-state index is 12.0. The monoisotopic (exact) mass is 964 g/mol. The zero-order valence-corrected chi connectivity index (χ0v) is 39.2. The molecule has 0 radical (unpaired) electrons. The molecule has 0 bridgehead atoms. The summed E-state index contributed by atoms with van der Waals surface area (Å²) in [5.41, 5.74) is 0.231. The van der Waals surface area contributed by atoms with Crippen LogP contribution < -0.4 is 0 Å². The highest BCUT2D eigenvalue weighted by Crippen LogP contribution is 2.71. The standard InChI is InChI=1S/C45H72O20S/c1-18-9-12-45(57-17-18)19(2)30-27(64-45)15-26-24-8-7-22-13-23(60-41-36(52)34(50)32(48)28(16-46)61-41)14-29(44(22,6)25(24)10-11-43(26,30)5)62-42-39(37(53)38(21(4)59-42)65-66(54,55)56)63-40-35(51)33(49)31(47)20(3)58-40/h7,18-21,23-42,46-53H,8-17H2,1-6H3,(H,54,55,56)/t18-,19+,20+,21+,23-,24-,25+,26+,27+,28-,29-,30+,31+,32-,33-,34+,35-,36-,37-,38-,39+,40+,41-,42+,43+,44+,45-/m1/s1. The van der Waals surface area contributed by atoms with Crippen LogP contribution in [0.4, 0.5) is 0 Å². The summed E-state index contributed by atoms with van der Waals surface area (Å²) >= 11 is 0. The Balaban J connectivity index is 1.04. The van der Waals surface area contributed by atoms with Crippen LogP contribution in [0, 0.1) is 46.3 Å². The van der Waals surface area contributed by atoms with E-state index in [0.29, 0.717) is 30.8 Å². The molecule has 27 atom stereocenters. The molecule has 3 saturated carbocycles. The Morgan fingerprint density at radius 2 is 1.42 bits per heavy atom. The molecule has 66 heavy (non-hydrogen) atoms. The van der Waals surface area contributed by atoms with Gasteiger partial charge < -0.3 is 78.7 Å². The van der Waals surface area contributed by atoms with Gasteiger partial charge >= 0.3 is 10.4 Å². The fourth-order valence-corrected chi connectivity index (χ4v) is 14.9. The number of allylic oxidation sites excluding steroid dienone is 1. The Kier molecular flexibility index (Phi) is 13.8. The van der Waals surface area contributed by atoms with Crippen molar-refractivity contribution in [3.8, 4) is 0 Å². The Morgan fingerprint density at radius 3 is 2.09 bits per heavy atom. The van der Waals surface area contributed by atoms with Crippen LogP contribution in [0.1, 0.15) is 92.9 Å². The van der Waals surface area contributed by atoms with Crippen LogP contribution >= 0.6 is 0 Å². The number of ether oxygens (including phenoxy) is 8. The van der Waals surface area contributed by atoms with Crippen molar-refractivity contribution in [2.24, 2.45) is 46.3 Å². The van der Waals surface area contributed by atoms with E-state index < -0.39 is 133 Å². The molecule has 4 aliphatic carbocycles. The maximum Gasteiger partial charge on any atom is 0.397 e. The zero-order valence-electron chi connectivity index (χ0n) is 38.4. The first-order chi connectivity index (χ1) is 31.0. The summed E-state index contributed by atoms with van der Waals surface area (Å²) in [6.07, 6.45) is -16.9. The molecule has 5 saturated heterocycles. The van der Waals surface area contributed by atoms with Crippen molar-refractivity contribution in [2.45, 2.75) is 209 Å². The molecule has 0 aromatic heterocycles. The van der Waals surface area contributed by atoms with E-state index in [0.717, 1.165) is 44.1 Å². The van der Waals surface area contributed by atoms with E-state index in [4.69, 9.17) is 42.1 Å². The molecular formula is C45H72O20S. The van der Waals surface area contributed by atoms with Gasteiger partial charge in [0, 0.05) is 24.2 Å². The minimum Gasteiger partial charge on any atom is -0.394 e. The average Bonchev–Trinajstić information content (AvgIpc) is 3.71. The first-order valence-electron chi connectivity index (χ1n) is 24.0. The van der Waals surface area contributed by atoms with Gasteiger partial charge in [0.1, 0.15) is 61.0 Å². The zero-order chi connectivity index (χ0) is 47.6. The largest absolute Gasteiger partial charge is 0.397 e. The van der Waals surface area contributed by atoms with E-state index in [1.807, 2.05) is 0 Å². The minimum absolute atomic E-state index is 0.0359. The molecule has 5 heterocycles. The lowest BCUT2D eigenvalue weighted by Crippen LogP contribution is -2.65. The highest BCUT2D eigenvalue weighted by atomic mass is 32.3. The smallest absolute Gasteiger partial charge is 0.394 e. The molecule has 0 aromatic rings. The van der Waals surface area contributed by atoms with Crippen molar-refractivity contribution in [3.63, 3.8) is 0 Å². The third-order valence-corrected chi connectivity index (χ3v) is 18.4. The van der Waals surface area contributed by atoms with Crippen LogP contribution in [0.3, 0.4) is 0 Å². The lowest BCUT2D eigenvalue weighted by atomic mass is 9.46. The van der Waals surface area contributed by atoms with Gasteiger partial charge in [0.15, 0.2) is 24.7 Å². The van der Waals surface area contributed by atoms with E-state index in [1.54, 1.807) is 0 Å².